The van der Waals surface area contributed by atoms with Crippen molar-refractivity contribution in [3.8, 4) is 34.5 Å². The van der Waals surface area contributed by atoms with Crippen molar-refractivity contribution in [3.63, 3.8) is 0 Å². The number of hydrogen-bond acceptors (Lipinski definition) is 18. The van der Waals surface area contributed by atoms with E-state index in [9.17, 15) is 50.4 Å². The summed E-state index contributed by atoms with van der Waals surface area (Å²) in [6, 6.07) is 5.06. The number of esters is 1. The maximum Gasteiger partial charge on any atom is 0.317 e. The number of aromatic hydroxyl groups is 3. The zero-order chi connectivity index (χ0) is 37.3. The lowest BCUT2D eigenvalue weighted by Crippen LogP contribution is -2.61. The third-order valence-electron chi connectivity index (χ3n) is 8.39. The molecule has 280 valence electrons. The molecule has 19 heteroatoms. The fourth-order valence-corrected chi connectivity index (χ4v) is 5.73. The minimum atomic E-state index is -1.88. The van der Waals surface area contributed by atoms with Gasteiger partial charge in [-0.05, 0) is 25.1 Å². The Labute approximate surface area is 288 Å². The molecule has 11 atom stereocenters. The summed E-state index contributed by atoms with van der Waals surface area (Å²) in [6.07, 6.45) is -17.4. The van der Waals surface area contributed by atoms with Crippen molar-refractivity contribution in [2.45, 2.75) is 80.9 Å². The number of phenols is 3. The first kappa shape index (κ1) is 37.7. The van der Waals surface area contributed by atoms with Crippen molar-refractivity contribution < 1.29 is 93.4 Å². The molecule has 0 spiro atoms. The monoisotopic (exact) mass is 726 g/mol. The van der Waals surface area contributed by atoms with Gasteiger partial charge in [0.15, 0.2) is 30.0 Å². The van der Waals surface area contributed by atoms with Gasteiger partial charge in [-0.2, -0.15) is 0 Å². The summed E-state index contributed by atoms with van der Waals surface area (Å²) in [7, 11) is 2.60. The normalized spacial score (nSPS) is 31.8. The Kier molecular flexibility index (Phi) is 11.3. The van der Waals surface area contributed by atoms with Crippen LogP contribution in [0.3, 0.4) is 0 Å². The van der Waals surface area contributed by atoms with E-state index in [0.717, 1.165) is 6.07 Å². The van der Waals surface area contributed by atoms with E-state index in [0.29, 0.717) is 0 Å². The van der Waals surface area contributed by atoms with Crippen LogP contribution in [0, 0.1) is 0 Å². The van der Waals surface area contributed by atoms with Crippen LogP contribution in [0.4, 0.5) is 0 Å². The first-order chi connectivity index (χ1) is 24.1. The number of fused-ring (bicyclic) bond motifs is 1. The van der Waals surface area contributed by atoms with E-state index in [2.05, 4.69) is 0 Å². The molecule has 0 aliphatic carbocycles. The second-order valence-corrected chi connectivity index (χ2v) is 11.9. The van der Waals surface area contributed by atoms with Gasteiger partial charge in [0.2, 0.25) is 12.0 Å². The van der Waals surface area contributed by atoms with Gasteiger partial charge in [-0.25, -0.2) is 0 Å². The fourth-order valence-electron chi connectivity index (χ4n) is 5.73. The van der Waals surface area contributed by atoms with Crippen molar-refractivity contribution in [3.05, 3.63) is 41.2 Å². The number of methoxy groups -OCH3 is 2. The predicted octanol–water partition coefficient (Wildman–Crippen LogP) is -1.01. The third-order valence-corrected chi connectivity index (χ3v) is 8.39. The number of phenolic OH excluding ortho intramolecular Hbond substituents is 3. The van der Waals surface area contributed by atoms with Crippen LogP contribution in [0.5, 0.6) is 34.5 Å². The van der Waals surface area contributed by atoms with Crippen molar-refractivity contribution in [1.82, 2.24) is 0 Å². The van der Waals surface area contributed by atoms with Gasteiger partial charge in [0.1, 0.15) is 66.1 Å². The molecule has 2 aromatic rings. The standard InChI is InChI=1S/C32H38O19/c1-11-29(51-22(37)9-21(35)36)26(41)28(43)31(47-11)46-10-20-24(39)25(40)27(42)32(50-20)49-19-8-14-15(34)6-13(33)7-16(14)48-30(19)12-4-17(44-2)23(38)18(5-12)45-3/h4-8,11,20,24-34,38-43H,9-10H2,1-3H3,(H,35,36)/t11-,20+,24+,25-,26+,27+,28-,29-,30?,31+,32+/m0/s1. The molecule has 0 radical (unpaired) electrons. The Hall–Kier alpha value is -4.60. The minimum absolute atomic E-state index is 0.0159. The van der Waals surface area contributed by atoms with Gasteiger partial charge >= 0.3 is 11.9 Å². The number of carbonyl (C=O) groups is 2. The molecule has 1 unspecified atom stereocenters. The summed E-state index contributed by atoms with van der Waals surface area (Å²) in [5.74, 6) is -3.83. The molecule has 3 aliphatic rings. The van der Waals surface area contributed by atoms with Gasteiger partial charge in [-0.1, -0.05) is 0 Å². The summed E-state index contributed by atoms with van der Waals surface area (Å²) in [5, 5.41) is 93.4. The Morgan fingerprint density at radius 2 is 1.47 bits per heavy atom. The highest BCUT2D eigenvalue weighted by Gasteiger charge is 2.49. The highest BCUT2D eigenvalue weighted by Crippen LogP contribution is 2.47. The highest BCUT2D eigenvalue weighted by atomic mass is 16.7. The predicted molar refractivity (Wildman–Crippen MR) is 165 cm³/mol. The molecular formula is C32H38O19. The highest BCUT2D eigenvalue weighted by molar-refractivity contribution is 5.90. The zero-order valence-corrected chi connectivity index (χ0v) is 27.3. The molecule has 19 nitrogen and oxygen atoms in total. The van der Waals surface area contributed by atoms with E-state index in [-0.39, 0.29) is 45.6 Å². The van der Waals surface area contributed by atoms with Crippen LogP contribution in [0.1, 0.15) is 30.6 Å². The molecular weight excluding hydrogens is 688 g/mol. The molecule has 51 heavy (non-hydrogen) atoms. The fraction of sp³-hybridized carbons (Fsp3) is 0.500. The number of benzene rings is 2. The van der Waals surface area contributed by atoms with Crippen LogP contribution in [-0.4, -0.2) is 140 Å². The lowest BCUT2D eigenvalue weighted by Gasteiger charge is -2.43. The summed E-state index contributed by atoms with van der Waals surface area (Å²) < 4.78 is 44.4. The molecule has 0 amide bonds. The largest absolute Gasteiger partial charge is 0.508 e. The van der Waals surface area contributed by atoms with Crippen LogP contribution < -0.4 is 14.2 Å². The molecule has 9 N–H and O–H groups in total. The van der Waals surface area contributed by atoms with Gasteiger partial charge in [0, 0.05) is 17.7 Å². The number of hydrogen-bond donors (Lipinski definition) is 9. The number of ether oxygens (including phenoxy) is 8. The third kappa shape index (κ3) is 7.85. The zero-order valence-electron chi connectivity index (χ0n) is 27.3. The van der Waals surface area contributed by atoms with Crippen molar-refractivity contribution in [2.24, 2.45) is 0 Å². The molecule has 0 bridgehead atoms. The summed E-state index contributed by atoms with van der Waals surface area (Å²) in [4.78, 5) is 22.6. The molecule has 0 saturated carbocycles. The number of carboxylic acid groups (broad SMARTS) is 1. The number of rotatable bonds is 11. The van der Waals surface area contributed by atoms with Crippen LogP contribution in [-0.2, 0) is 33.3 Å². The van der Waals surface area contributed by atoms with Crippen molar-refractivity contribution in [1.29, 1.82) is 0 Å². The van der Waals surface area contributed by atoms with Crippen LogP contribution in [0.25, 0.3) is 6.08 Å². The molecule has 2 aromatic carbocycles. The Balaban J connectivity index is 1.36. The first-order valence-electron chi connectivity index (χ1n) is 15.4. The average Bonchev–Trinajstić information content (AvgIpc) is 3.08. The maximum atomic E-state index is 11.8. The van der Waals surface area contributed by atoms with Crippen LogP contribution in [0.2, 0.25) is 0 Å². The second-order valence-electron chi connectivity index (χ2n) is 11.9. The topological polar surface area (TPSA) is 290 Å². The summed E-state index contributed by atoms with van der Waals surface area (Å²) in [5.41, 5.74) is 0.320. The lowest BCUT2D eigenvalue weighted by atomic mass is 9.98. The van der Waals surface area contributed by atoms with E-state index in [1.807, 2.05) is 0 Å². The van der Waals surface area contributed by atoms with Gasteiger partial charge in [0.25, 0.3) is 0 Å². The van der Waals surface area contributed by atoms with Gasteiger partial charge in [-0.15, -0.1) is 0 Å². The molecule has 3 aliphatic heterocycles. The number of aliphatic carboxylic acids is 1. The molecule has 5 rings (SSSR count). The number of carboxylic acids is 1. The van der Waals surface area contributed by atoms with E-state index >= 15 is 0 Å². The van der Waals surface area contributed by atoms with Crippen LogP contribution in [0.15, 0.2) is 30.0 Å². The Morgan fingerprint density at radius 1 is 0.824 bits per heavy atom. The molecule has 2 fully saturated rings. The SMILES string of the molecule is COc1cc(C2Oc3cc(O)cc(O)c3C=C2O[C@@H]2O[C@H](CO[C@@H]3O[C@@H](C)[C@H](OC(=O)CC(=O)O)[C@H](O)[C@@H]3O)[C@@H](O)[C@H](O)[C@H]2O)cc(OC)c1O. The lowest BCUT2D eigenvalue weighted by molar-refractivity contribution is -0.325. The van der Waals surface area contributed by atoms with Crippen molar-refractivity contribution in [2.75, 3.05) is 20.8 Å². The van der Waals surface area contributed by atoms with Gasteiger partial charge < -0.3 is 83.9 Å². The van der Waals surface area contributed by atoms with Crippen molar-refractivity contribution >= 4 is 18.0 Å². The second kappa shape index (κ2) is 15.3. The smallest absolute Gasteiger partial charge is 0.317 e. The average molecular weight is 727 g/mol. The summed E-state index contributed by atoms with van der Waals surface area (Å²) in [6.45, 7) is 0.747. The Morgan fingerprint density at radius 3 is 2.10 bits per heavy atom. The Bertz CT molecular complexity index is 1600. The molecule has 0 aromatic heterocycles. The van der Waals surface area contributed by atoms with E-state index in [1.54, 1.807) is 0 Å². The maximum absolute atomic E-state index is 11.8. The van der Waals surface area contributed by atoms with E-state index < -0.39 is 98.2 Å². The van der Waals surface area contributed by atoms with E-state index in [1.165, 1.54) is 45.4 Å². The summed E-state index contributed by atoms with van der Waals surface area (Å²) >= 11 is 0. The van der Waals surface area contributed by atoms with Gasteiger partial charge in [-0.3, -0.25) is 9.59 Å². The molecule has 2 saturated heterocycles. The number of aliphatic hydroxyl groups is 5. The van der Waals surface area contributed by atoms with Gasteiger partial charge in [0.05, 0.1) is 32.5 Å². The quantitative estimate of drug-likeness (QED) is 0.0990. The van der Waals surface area contributed by atoms with Crippen LogP contribution >= 0.6 is 0 Å². The van der Waals surface area contributed by atoms with E-state index in [4.69, 9.17) is 43.0 Å². The first-order valence-corrected chi connectivity index (χ1v) is 15.4. The number of aliphatic hydroxyl groups excluding tert-OH is 5. The molecule has 3 heterocycles. The minimum Gasteiger partial charge on any atom is -0.508 e. The number of carbonyl (C=O) groups excluding carboxylic acids is 1.